The third kappa shape index (κ3) is 3.33. The molecule has 5 heteroatoms. The van der Waals surface area contributed by atoms with Crippen molar-refractivity contribution in [3.05, 3.63) is 28.2 Å². The van der Waals surface area contributed by atoms with E-state index in [2.05, 4.69) is 20.9 Å². The molecule has 1 aliphatic carbocycles. The number of benzene rings is 1. The highest BCUT2D eigenvalue weighted by Gasteiger charge is 2.21. The highest BCUT2D eigenvalue weighted by Crippen LogP contribution is 2.31. The molecule has 0 N–H and O–H groups in total. The fourth-order valence-corrected chi connectivity index (χ4v) is 2.88. The zero-order valence-corrected chi connectivity index (χ0v) is 13.1. The summed E-state index contributed by atoms with van der Waals surface area (Å²) in [6.07, 6.45) is 1.85. The van der Waals surface area contributed by atoms with Crippen LogP contribution in [0.4, 0.5) is 5.69 Å². The molecular weight excluding hydrogens is 322 g/mol. The minimum absolute atomic E-state index is 0.225. The Morgan fingerprint density at radius 3 is 2.80 bits per heavy atom. The molecule has 0 heterocycles. The lowest BCUT2D eigenvalue weighted by Gasteiger charge is -2.18. The van der Waals surface area contributed by atoms with Crippen LogP contribution >= 0.6 is 15.9 Å². The van der Waals surface area contributed by atoms with Crippen molar-refractivity contribution >= 4 is 39.1 Å². The highest BCUT2D eigenvalue weighted by molar-refractivity contribution is 9.10. The first kappa shape index (κ1) is 14.9. The SMILES string of the molecule is COC(=O)c1cccc(N=C2CC(=O)CC(C)C2)c1Br. The topological polar surface area (TPSA) is 55.7 Å². The van der Waals surface area contributed by atoms with Crippen LogP contribution in [-0.2, 0) is 9.53 Å². The van der Waals surface area contributed by atoms with Crippen molar-refractivity contribution in [1.29, 1.82) is 0 Å². The van der Waals surface area contributed by atoms with Gasteiger partial charge in [0.05, 0.1) is 22.8 Å². The quantitative estimate of drug-likeness (QED) is 0.773. The van der Waals surface area contributed by atoms with Crippen molar-refractivity contribution in [2.45, 2.75) is 26.2 Å². The number of hydrogen-bond donors (Lipinski definition) is 0. The van der Waals surface area contributed by atoms with Crippen LogP contribution in [0.1, 0.15) is 36.5 Å². The van der Waals surface area contributed by atoms with Crippen LogP contribution < -0.4 is 0 Å². The number of rotatable bonds is 2. The third-order valence-corrected chi connectivity index (χ3v) is 4.06. The molecule has 1 aliphatic rings. The normalized spacial score (nSPS) is 21.1. The first-order chi connectivity index (χ1) is 9.51. The first-order valence-corrected chi connectivity index (χ1v) is 7.25. The largest absolute Gasteiger partial charge is 0.465 e. The fraction of sp³-hybridized carbons (Fsp3) is 0.400. The van der Waals surface area contributed by atoms with E-state index in [1.165, 1.54) is 7.11 Å². The third-order valence-electron chi connectivity index (χ3n) is 3.22. The van der Waals surface area contributed by atoms with Gasteiger partial charge in [0.1, 0.15) is 5.78 Å². The maximum absolute atomic E-state index is 11.6. The van der Waals surface area contributed by atoms with Crippen LogP contribution in [0.3, 0.4) is 0 Å². The van der Waals surface area contributed by atoms with Gasteiger partial charge in [0, 0.05) is 18.6 Å². The smallest absolute Gasteiger partial charge is 0.339 e. The van der Waals surface area contributed by atoms with Crippen LogP contribution in [-0.4, -0.2) is 24.6 Å². The van der Waals surface area contributed by atoms with E-state index in [9.17, 15) is 9.59 Å². The van der Waals surface area contributed by atoms with Gasteiger partial charge in [-0.05, 0) is 40.4 Å². The number of esters is 1. The molecule has 0 radical (unpaired) electrons. The second-order valence-electron chi connectivity index (χ2n) is 5.04. The lowest BCUT2D eigenvalue weighted by molar-refractivity contribution is -0.119. The Balaban J connectivity index is 2.34. The summed E-state index contributed by atoms with van der Waals surface area (Å²) in [5, 5.41) is 0. The van der Waals surface area contributed by atoms with Crippen molar-refractivity contribution < 1.29 is 14.3 Å². The Kier molecular flexibility index (Phi) is 4.70. The molecule has 1 fully saturated rings. The summed E-state index contributed by atoms with van der Waals surface area (Å²) in [5.74, 6) is 0.146. The van der Waals surface area contributed by atoms with Crippen molar-refractivity contribution in [3.63, 3.8) is 0 Å². The van der Waals surface area contributed by atoms with Crippen LogP contribution in [0, 0.1) is 5.92 Å². The fourth-order valence-electron chi connectivity index (χ4n) is 2.36. The predicted octanol–water partition coefficient (Wildman–Crippen LogP) is 3.70. The zero-order chi connectivity index (χ0) is 14.7. The molecule has 0 saturated heterocycles. The van der Waals surface area contributed by atoms with Gasteiger partial charge in [-0.3, -0.25) is 9.79 Å². The Morgan fingerprint density at radius 1 is 1.40 bits per heavy atom. The van der Waals surface area contributed by atoms with E-state index in [0.29, 0.717) is 34.5 Å². The Bertz CT molecular complexity index is 580. The highest BCUT2D eigenvalue weighted by atomic mass is 79.9. The van der Waals surface area contributed by atoms with Crippen molar-refractivity contribution in [2.24, 2.45) is 10.9 Å². The molecule has 2 rings (SSSR count). The van der Waals surface area contributed by atoms with Gasteiger partial charge in [0.25, 0.3) is 0 Å². The van der Waals surface area contributed by atoms with Gasteiger partial charge in [-0.1, -0.05) is 13.0 Å². The number of Topliss-reactive ketones (excluding diaryl/α,β-unsaturated/α-hetero) is 1. The van der Waals surface area contributed by atoms with Crippen LogP contribution in [0.15, 0.2) is 27.7 Å². The lowest BCUT2D eigenvalue weighted by atomic mass is 9.88. The average molecular weight is 338 g/mol. The molecular formula is C15H16BrNO3. The average Bonchev–Trinajstić information content (AvgIpc) is 2.39. The zero-order valence-electron chi connectivity index (χ0n) is 11.5. The molecule has 1 aromatic rings. The van der Waals surface area contributed by atoms with Crippen LogP contribution in [0.2, 0.25) is 0 Å². The van der Waals surface area contributed by atoms with Gasteiger partial charge >= 0.3 is 5.97 Å². The van der Waals surface area contributed by atoms with Crippen LogP contribution in [0.25, 0.3) is 0 Å². The molecule has 0 aliphatic heterocycles. The number of carbonyl (C=O) groups excluding carboxylic acids is 2. The van der Waals surface area contributed by atoms with Crippen LogP contribution in [0.5, 0.6) is 0 Å². The predicted molar refractivity (Wildman–Crippen MR) is 80.6 cm³/mol. The molecule has 4 nitrogen and oxygen atoms in total. The number of hydrogen-bond acceptors (Lipinski definition) is 4. The van der Waals surface area contributed by atoms with Crippen molar-refractivity contribution in [2.75, 3.05) is 7.11 Å². The Morgan fingerprint density at radius 2 is 2.15 bits per heavy atom. The molecule has 1 saturated carbocycles. The Labute approximate surface area is 126 Å². The van der Waals surface area contributed by atoms with E-state index in [1.54, 1.807) is 12.1 Å². The number of ketones is 1. The van der Waals surface area contributed by atoms with Gasteiger partial charge in [-0.25, -0.2) is 4.79 Å². The second kappa shape index (κ2) is 6.31. The number of halogens is 1. The molecule has 0 amide bonds. The van der Waals surface area contributed by atoms with E-state index in [0.717, 1.165) is 12.1 Å². The molecule has 1 aromatic carbocycles. The van der Waals surface area contributed by atoms with E-state index >= 15 is 0 Å². The molecule has 1 atom stereocenters. The number of nitrogens with zero attached hydrogens (tertiary/aromatic N) is 1. The van der Waals surface area contributed by atoms with E-state index < -0.39 is 5.97 Å². The van der Waals surface area contributed by atoms with E-state index in [4.69, 9.17) is 4.74 Å². The van der Waals surface area contributed by atoms with Crippen molar-refractivity contribution in [3.8, 4) is 0 Å². The van der Waals surface area contributed by atoms with Gasteiger partial charge in [-0.15, -0.1) is 0 Å². The van der Waals surface area contributed by atoms with Gasteiger partial charge < -0.3 is 4.74 Å². The number of ether oxygens (including phenoxy) is 1. The van der Waals surface area contributed by atoms with Gasteiger partial charge in [0.2, 0.25) is 0 Å². The molecule has 0 aromatic heterocycles. The molecule has 106 valence electrons. The summed E-state index contributed by atoms with van der Waals surface area (Å²) in [6, 6.07) is 5.24. The molecule has 1 unspecified atom stereocenters. The summed E-state index contributed by atoms with van der Waals surface area (Å²) in [6.45, 7) is 2.05. The molecule has 20 heavy (non-hydrogen) atoms. The summed E-state index contributed by atoms with van der Waals surface area (Å²) < 4.78 is 5.33. The molecule has 0 spiro atoms. The first-order valence-electron chi connectivity index (χ1n) is 6.46. The van der Waals surface area contributed by atoms with E-state index in [1.807, 2.05) is 13.0 Å². The monoisotopic (exact) mass is 337 g/mol. The maximum Gasteiger partial charge on any atom is 0.339 e. The number of aliphatic imine (C=N–C) groups is 1. The van der Waals surface area contributed by atoms with Crippen molar-refractivity contribution in [1.82, 2.24) is 0 Å². The standard InChI is InChI=1S/C15H16BrNO3/c1-9-6-10(8-11(18)7-9)17-13-5-3-4-12(14(13)16)15(19)20-2/h3-5,9H,6-8H2,1-2H3. The summed E-state index contributed by atoms with van der Waals surface area (Å²) in [7, 11) is 1.34. The number of carbonyl (C=O) groups is 2. The minimum Gasteiger partial charge on any atom is -0.465 e. The summed E-state index contributed by atoms with van der Waals surface area (Å²) in [5.41, 5.74) is 1.96. The lowest BCUT2D eigenvalue weighted by Crippen LogP contribution is -2.20. The maximum atomic E-state index is 11.6. The summed E-state index contributed by atoms with van der Waals surface area (Å²) >= 11 is 3.39. The number of methoxy groups -OCH3 is 1. The van der Waals surface area contributed by atoms with E-state index in [-0.39, 0.29) is 5.78 Å². The van der Waals surface area contributed by atoms with Gasteiger partial charge in [-0.2, -0.15) is 0 Å². The second-order valence-corrected chi connectivity index (χ2v) is 5.83. The van der Waals surface area contributed by atoms with Gasteiger partial charge in [0.15, 0.2) is 0 Å². The Hall–Kier alpha value is -1.49. The molecule has 0 bridgehead atoms. The minimum atomic E-state index is -0.410. The summed E-state index contributed by atoms with van der Waals surface area (Å²) in [4.78, 5) is 27.8.